The Morgan fingerprint density at radius 1 is 0.920 bits per heavy atom. The molecule has 0 spiro atoms. The average Bonchev–Trinajstić information content (AvgIpc) is 2.92. The maximum Gasteiger partial charge on any atom is 0.278 e. The van der Waals surface area contributed by atoms with Gasteiger partial charge in [-0.15, -0.1) is 0 Å². The Morgan fingerprint density at radius 3 is 2.36 bits per heavy atom. The van der Waals surface area contributed by atoms with Gasteiger partial charge in [0.2, 0.25) is 5.60 Å². The molecule has 1 aliphatic rings. The highest BCUT2D eigenvalue weighted by Gasteiger charge is 2.51. The topological polar surface area (TPSA) is 38.3 Å². The molecule has 4 rings (SSSR count). The van der Waals surface area contributed by atoms with Gasteiger partial charge in [-0.1, -0.05) is 60.2 Å². The minimum Gasteiger partial charge on any atom is -0.468 e. The fraction of sp³-hybridized carbons (Fsp3) is 0.0952. The van der Waals surface area contributed by atoms with Crippen molar-refractivity contribution in [3.63, 3.8) is 0 Å². The molecule has 0 aliphatic carbocycles. The summed E-state index contributed by atoms with van der Waals surface area (Å²) in [4.78, 5) is 13.1. The van der Waals surface area contributed by atoms with Gasteiger partial charge in [0.15, 0.2) is 0 Å². The summed E-state index contributed by atoms with van der Waals surface area (Å²) in [7, 11) is 0. The number of rotatable bonds is 3. The zero-order valence-corrected chi connectivity index (χ0v) is 15.2. The van der Waals surface area contributed by atoms with E-state index in [1.807, 2.05) is 79.7 Å². The van der Waals surface area contributed by atoms with Gasteiger partial charge in [0.1, 0.15) is 5.75 Å². The first-order valence-electron chi connectivity index (χ1n) is 8.03. The zero-order valence-electron chi connectivity index (χ0n) is 13.6. The molecule has 1 aliphatic heterocycles. The van der Waals surface area contributed by atoms with E-state index in [0.717, 1.165) is 26.9 Å². The molecule has 3 aromatic rings. The number of benzene rings is 3. The van der Waals surface area contributed by atoms with Crippen LogP contribution >= 0.6 is 15.9 Å². The van der Waals surface area contributed by atoms with Crippen LogP contribution in [0.25, 0.3) is 0 Å². The number of ether oxygens (including phenoxy) is 1. The Bertz CT molecular complexity index is 938. The van der Waals surface area contributed by atoms with Crippen molar-refractivity contribution in [1.82, 2.24) is 0 Å². The number of anilines is 1. The van der Waals surface area contributed by atoms with E-state index in [4.69, 9.17) is 4.74 Å². The van der Waals surface area contributed by atoms with Crippen LogP contribution in [0, 0.1) is 6.92 Å². The highest BCUT2D eigenvalue weighted by atomic mass is 79.9. The maximum absolute atomic E-state index is 13.1. The predicted octanol–water partition coefficient (Wildman–Crippen LogP) is 5.03. The highest BCUT2D eigenvalue weighted by Crippen LogP contribution is 2.46. The van der Waals surface area contributed by atoms with Crippen LogP contribution in [0.1, 0.15) is 16.7 Å². The number of carbonyl (C=O) groups is 1. The molecule has 124 valence electrons. The highest BCUT2D eigenvalue weighted by molar-refractivity contribution is 9.10. The molecule has 0 bridgehead atoms. The number of carbonyl (C=O) groups excluding carboxylic acids is 1. The van der Waals surface area contributed by atoms with Crippen LogP contribution in [0.3, 0.4) is 0 Å². The van der Waals surface area contributed by atoms with Gasteiger partial charge in [0, 0.05) is 15.6 Å². The van der Waals surface area contributed by atoms with E-state index >= 15 is 0 Å². The number of hydrogen-bond donors (Lipinski definition) is 1. The molecular weight excluding hydrogens is 378 g/mol. The molecule has 1 amide bonds. The quantitative estimate of drug-likeness (QED) is 0.677. The van der Waals surface area contributed by atoms with Gasteiger partial charge in [-0.2, -0.15) is 0 Å². The van der Waals surface area contributed by atoms with Crippen LogP contribution in [0.2, 0.25) is 0 Å². The molecule has 3 nitrogen and oxygen atoms in total. The van der Waals surface area contributed by atoms with E-state index < -0.39 is 5.60 Å². The molecule has 1 atom stereocenters. The lowest BCUT2D eigenvalue weighted by molar-refractivity contribution is -0.127. The van der Waals surface area contributed by atoms with E-state index in [2.05, 4.69) is 21.2 Å². The first kappa shape index (κ1) is 15.9. The zero-order chi connectivity index (χ0) is 17.4. The number of para-hydroxylation sites is 1. The monoisotopic (exact) mass is 393 g/mol. The molecule has 0 fully saturated rings. The van der Waals surface area contributed by atoms with Crippen molar-refractivity contribution in [2.75, 3.05) is 5.32 Å². The largest absolute Gasteiger partial charge is 0.468 e. The summed E-state index contributed by atoms with van der Waals surface area (Å²) in [5.74, 6) is 0.457. The van der Waals surface area contributed by atoms with Gasteiger partial charge < -0.3 is 10.1 Å². The molecule has 0 radical (unpaired) electrons. The van der Waals surface area contributed by atoms with Gasteiger partial charge in [-0.25, -0.2) is 0 Å². The third kappa shape index (κ3) is 2.53. The van der Waals surface area contributed by atoms with E-state index in [1.54, 1.807) is 0 Å². The molecule has 0 unspecified atom stereocenters. The van der Waals surface area contributed by atoms with E-state index in [0.29, 0.717) is 5.75 Å². The molecule has 0 aromatic heterocycles. The van der Waals surface area contributed by atoms with Crippen molar-refractivity contribution in [3.05, 3.63) is 94.0 Å². The van der Waals surface area contributed by atoms with Crippen molar-refractivity contribution < 1.29 is 9.53 Å². The molecule has 0 saturated heterocycles. The fourth-order valence-electron chi connectivity index (χ4n) is 3.17. The Kier molecular flexibility index (Phi) is 3.85. The lowest BCUT2D eigenvalue weighted by Crippen LogP contribution is -2.41. The van der Waals surface area contributed by atoms with E-state index in [-0.39, 0.29) is 5.91 Å². The van der Waals surface area contributed by atoms with E-state index in [9.17, 15) is 4.79 Å². The fourth-order valence-corrected chi connectivity index (χ4v) is 3.64. The number of nitrogens with one attached hydrogen (secondary N) is 1. The normalized spacial score (nSPS) is 18.6. The molecule has 25 heavy (non-hydrogen) atoms. The Labute approximate surface area is 154 Å². The lowest BCUT2D eigenvalue weighted by Gasteiger charge is -2.29. The molecule has 4 heteroatoms. The first-order chi connectivity index (χ1) is 12.1. The van der Waals surface area contributed by atoms with Crippen molar-refractivity contribution in [3.8, 4) is 5.75 Å². The standard InChI is InChI=1S/C21H16BrNO2/c1-14-10-12-16(13-11-14)25-21(15-6-3-2-4-7-15)17-8-5-9-18(22)19(17)23-20(21)24/h2-13H,1H3,(H,23,24)/t21-/m1/s1. The molecule has 0 saturated carbocycles. The second-order valence-corrected chi connectivity index (χ2v) is 6.93. The second-order valence-electron chi connectivity index (χ2n) is 6.08. The number of aryl methyl sites for hydroxylation is 1. The van der Waals surface area contributed by atoms with Crippen molar-refractivity contribution in [2.24, 2.45) is 0 Å². The summed E-state index contributed by atoms with van der Waals surface area (Å²) >= 11 is 3.52. The smallest absolute Gasteiger partial charge is 0.278 e. The molecule has 1 N–H and O–H groups in total. The minimum atomic E-state index is -1.21. The number of amides is 1. The summed E-state index contributed by atoms with van der Waals surface area (Å²) < 4.78 is 7.20. The Morgan fingerprint density at radius 2 is 1.64 bits per heavy atom. The van der Waals surface area contributed by atoms with Crippen LogP contribution in [-0.4, -0.2) is 5.91 Å². The lowest BCUT2D eigenvalue weighted by atomic mass is 9.87. The number of halogens is 1. The van der Waals surface area contributed by atoms with Crippen LogP contribution in [0.5, 0.6) is 5.75 Å². The molecule has 3 aromatic carbocycles. The Balaban J connectivity index is 1.94. The number of hydrogen-bond acceptors (Lipinski definition) is 2. The van der Waals surface area contributed by atoms with Crippen molar-refractivity contribution in [2.45, 2.75) is 12.5 Å². The molecule has 1 heterocycles. The second kappa shape index (κ2) is 6.05. The Hall–Kier alpha value is -2.59. The van der Waals surface area contributed by atoms with Crippen molar-refractivity contribution >= 4 is 27.5 Å². The number of fused-ring (bicyclic) bond motifs is 1. The summed E-state index contributed by atoms with van der Waals surface area (Å²) in [5.41, 5.74) is 2.28. The minimum absolute atomic E-state index is 0.193. The van der Waals surface area contributed by atoms with Gasteiger partial charge >= 0.3 is 0 Å². The van der Waals surface area contributed by atoms with Gasteiger partial charge in [0.25, 0.3) is 5.91 Å². The van der Waals surface area contributed by atoms with Gasteiger partial charge in [-0.3, -0.25) is 4.79 Å². The first-order valence-corrected chi connectivity index (χ1v) is 8.82. The van der Waals surface area contributed by atoms with Gasteiger partial charge in [0.05, 0.1) is 5.69 Å². The summed E-state index contributed by atoms with van der Waals surface area (Å²) in [6.07, 6.45) is 0. The summed E-state index contributed by atoms with van der Waals surface area (Å²) in [6.45, 7) is 2.02. The SMILES string of the molecule is Cc1ccc(O[C@@]2(c3ccccc3)C(=O)Nc3c(Br)cccc32)cc1. The summed E-state index contributed by atoms with van der Waals surface area (Å²) in [5, 5.41) is 2.98. The average molecular weight is 394 g/mol. The van der Waals surface area contributed by atoms with E-state index in [1.165, 1.54) is 0 Å². The van der Waals surface area contributed by atoms with Crippen LogP contribution < -0.4 is 10.1 Å². The maximum atomic E-state index is 13.1. The third-order valence-corrected chi connectivity index (χ3v) is 5.08. The third-order valence-electron chi connectivity index (χ3n) is 4.42. The predicted molar refractivity (Wildman–Crippen MR) is 102 cm³/mol. The van der Waals surface area contributed by atoms with Crippen molar-refractivity contribution in [1.29, 1.82) is 0 Å². The molecular formula is C21H16BrNO2. The van der Waals surface area contributed by atoms with Crippen LogP contribution in [0.15, 0.2) is 77.3 Å². The van der Waals surface area contributed by atoms with Crippen LogP contribution in [-0.2, 0) is 10.4 Å². The summed E-state index contributed by atoms with van der Waals surface area (Å²) in [6, 6.07) is 23.1. The van der Waals surface area contributed by atoms with Crippen LogP contribution in [0.4, 0.5) is 5.69 Å². The van der Waals surface area contributed by atoms with Gasteiger partial charge in [-0.05, 0) is 41.1 Å².